The number of nitrogens with two attached hydrogens (primary N) is 1. The summed E-state index contributed by atoms with van der Waals surface area (Å²) in [4.78, 5) is 3.80. The van der Waals surface area contributed by atoms with E-state index in [0.29, 0.717) is 12.1 Å². The lowest BCUT2D eigenvalue weighted by molar-refractivity contribution is 0.141. The van der Waals surface area contributed by atoms with Crippen molar-refractivity contribution in [1.29, 1.82) is 0 Å². The van der Waals surface area contributed by atoms with E-state index in [0.717, 1.165) is 34.7 Å². The zero-order valence-corrected chi connectivity index (χ0v) is 12.4. The normalized spacial score (nSPS) is 27.2. The van der Waals surface area contributed by atoms with Crippen molar-refractivity contribution in [3.8, 4) is 0 Å². The van der Waals surface area contributed by atoms with Gasteiger partial charge in [-0.2, -0.15) is 0 Å². The molecule has 1 fully saturated rings. The van der Waals surface area contributed by atoms with Crippen LogP contribution in [0.3, 0.4) is 0 Å². The van der Waals surface area contributed by atoms with Gasteiger partial charge in [0.1, 0.15) is 4.34 Å². The third-order valence-corrected chi connectivity index (χ3v) is 5.57. The molecule has 5 heteroatoms. The zero-order chi connectivity index (χ0) is 11.7. The van der Waals surface area contributed by atoms with Crippen LogP contribution >= 0.6 is 38.9 Å². The molecule has 16 heavy (non-hydrogen) atoms. The molecule has 2 unspecified atom stereocenters. The Labute approximate surface area is 114 Å². The first-order chi connectivity index (χ1) is 7.56. The lowest BCUT2D eigenvalue weighted by Crippen LogP contribution is -2.44. The highest BCUT2D eigenvalue weighted by Crippen LogP contribution is 2.33. The lowest BCUT2D eigenvalue weighted by Gasteiger charge is -2.36. The predicted molar refractivity (Wildman–Crippen MR) is 74.1 cm³/mol. The molecule has 0 spiro atoms. The average Bonchev–Trinajstić information content (AvgIpc) is 2.51. The minimum absolute atomic E-state index is 0.380. The molecule has 1 aliphatic heterocycles. The molecule has 2 rings (SSSR count). The minimum atomic E-state index is 0.380. The molecule has 1 aromatic rings. The fraction of sp³-hybridized carbons (Fsp3) is 0.636. The summed E-state index contributed by atoms with van der Waals surface area (Å²) in [5, 5.41) is 0. The quantitative estimate of drug-likeness (QED) is 0.903. The number of rotatable bonds is 2. The van der Waals surface area contributed by atoms with Crippen LogP contribution in [0.4, 0.5) is 0 Å². The van der Waals surface area contributed by atoms with Crippen molar-refractivity contribution in [2.75, 3.05) is 6.54 Å². The van der Waals surface area contributed by atoms with Crippen LogP contribution in [0.15, 0.2) is 10.5 Å². The van der Waals surface area contributed by atoms with Crippen molar-refractivity contribution in [2.24, 2.45) is 5.73 Å². The van der Waals surface area contributed by atoms with Gasteiger partial charge in [0.25, 0.3) is 0 Å². The van der Waals surface area contributed by atoms with Crippen molar-refractivity contribution < 1.29 is 0 Å². The van der Waals surface area contributed by atoms with Crippen LogP contribution in [0.1, 0.15) is 24.6 Å². The number of nitrogens with zero attached hydrogens (tertiary/aromatic N) is 1. The van der Waals surface area contributed by atoms with Crippen LogP contribution in [-0.4, -0.2) is 23.5 Å². The highest BCUT2D eigenvalue weighted by Gasteiger charge is 2.23. The predicted octanol–water partition coefficient (Wildman–Crippen LogP) is 3.48. The van der Waals surface area contributed by atoms with Crippen molar-refractivity contribution in [1.82, 2.24) is 4.90 Å². The van der Waals surface area contributed by atoms with E-state index in [-0.39, 0.29) is 0 Å². The molecule has 0 bridgehead atoms. The minimum Gasteiger partial charge on any atom is -0.328 e. The summed E-state index contributed by atoms with van der Waals surface area (Å²) in [5.74, 6) is 0. The van der Waals surface area contributed by atoms with Crippen molar-refractivity contribution in [3.05, 3.63) is 19.8 Å². The summed E-state index contributed by atoms with van der Waals surface area (Å²) < 4.78 is 1.85. The van der Waals surface area contributed by atoms with Crippen LogP contribution < -0.4 is 5.73 Å². The van der Waals surface area contributed by atoms with Crippen molar-refractivity contribution in [2.45, 2.75) is 38.4 Å². The Balaban J connectivity index is 1.99. The van der Waals surface area contributed by atoms with Gasteiger partial charge in [-0.1, -0.05) is 11.6 Å². The maximum atomic E-state index is 6.04. The molecule has 2 nitrogen and oxygen atoms in total. The van der Waals surface area contributed by atoms with Crippen LogP contribution in [0.2, 0.25) is 4.34 Å². The Morgan fingerprint density at radius 1 is 1.69 bits per heavy atom. The second kappa shape index (κ2) is 5.36. The summed E-state index contributed by atoms with van der Waals surface area (Å²) in [7, 11) is 0. The molecular weight excluding hydrogens is 308 g/mol. The third kappa shape index (κ3) is 2.99. The van der Waals surface area contributed by atoms with Crippen LogP contribution in [0.5, 0.6) is 0 Å². The highest BCUT2D eigenvalue weighted by atomic mass is 79.9. The molecule has 1 saturated heterocycles. The number of thiophene rings is 1. The molecule has 2 atom stereocenters. The Hall–Kier alpha value is 0.390. The van der Waals surface area contributed by atoms with Gasteiger partial charge < -0.3 is 5.73 Å². The first kappa shape index (κ1) is 12.8. The maximum Gasteiger partial charge on any atom is 0.107 e. The van der Waals surface area contributed by atoms with Gasteiger partial charge in [0.05, 0.1) is 0 Å². The van der Waals surface area contributed by atoms with E-state index in [1.165, 1.54) is 4.88 Å². The standard InChI is InChI=1S/C11H16BrClN2S/c1-7-4-8(14)2-3-15(7)6-9-5-10(12)11(13)16-9/h5,7-8H,2-4,6,14H2,1H3. The fourth-order valence-corrected chi connectivity index (χ4v) is 3.98. The number of halogens is 2. The molecule has 0 aromatic carbocycles. The largest absolute Gasteiger partial charge is 0.328 e. The Kier molecular flexibility index (Phi) is 4.30. The molecule has 0 saturated carbocycles. The van der Waals surface area contributed by atoms with Crippen molar-refractivity contribution in [3.63, 3.8) is 0 Å². The number of hydrogen-bond donors (Lipinski definition) is 1. The molecule has 1 aliphatic rings. The molecule has 0 amide bonds. The Morgan fingerprint density at radius 2 is 2.44 bits per heavy atom. The number of piperidine rings is 1. The smallest absolute Gasteiger partial charge is 0.107 e. The van der Waals surface area contributed by atoms with E-state index in [2.05, 4.69) is 33.8 Å². The first-order valence-corrected chi connectivity index (χ1v) is 7.48. The average molecular weight is 324 g/mol. The SMILES string of the molecule is CC1CC(N)CCN1Cc1cc(Br)c(Cl)s1. The molecule has 0 aliphatic carbocycles. The van der Waals surface area contributed by atoms with E-state index in [1.807, 2.05) is 0 Å². The molecule has 2 heterocycles. The molecule has 0 radical (unpaired) electrons. The highest BCUT2D eigenvalue weighted by molar-refractivity contribution is 9.10. The van der Waals surface area contributed by atoms with Gasteiger partial charge in [-0.05, 0) is 41.8 Å². The van der Waals surface area contributed by atoms with Gasteiger partial charge in [0.15, 0.2) is 0 Å². The summed E-state index contributed by atoms with van der Waals surface area (Å²) >= 11 is 11.1. The monoisotopic (exact) mass is 322 g/mol. The number of hydrogen-bond acceptors (Lipinski definition) is 3. The van der Waals surface area contributed by atoms with Gasteiger partial charge in [0, 0.05) is 34.5 Å². The van der Waals surface area contributed by atoms with Crippen LogP contribution in [-0.2, 0) is 6.54 Å². The van der Waals surface area contributed by atoms with E-state index in [9.17, 15) is 0 Å². The fourth-order valence-electron chi connectivity index (χ4n) is 2.16. The van der Waals surface area contributed by atoms with Gasteiger partial charge in [-0.15, -0.1) is 11.3 Å². The van der Waals surface area contributed by atoms with E-state index >= 15 is 0 Å². The van der Waals surface area contributed by atoms with E-state index in [1.54, 1.807) is 11.3 Å². The zero-order valence-electron chi connectivity index (χ0n) is 9.25. The number of likely N-dealkylation sites (tertiary alicyclic amines) is 1. The van der Waals surface area contributed by atoms with Crippen LogP contribution in [0.25, 0.3) is 0 Å². The van der Waals surface area contributed by atoms with Crippen LogP contribution in [0, 0.1) is 0 Å². The molecule has 2 N–H and O–H groups in total. The van der Waals surface area contributed by atoms with Gasteiger partial charge in [-0.25, -0.2) is 0 Å². The third-order valence-electron chi connectivity index (χ3n) is 3.11. The second-order valence-corrected chi connectivity index (χ2v) is 7.03. The molecule has 1 aromatic heterocycles. The summed E-state index contributed by atoms with van der Waals surface area (Å²) in [6, 6.07) is 3.07. The van der Waals surface area contributed by atoms with E-state index < -0.39 is 0 Å². The lowest BCUT2D eigenvalue weighted by atomic mass is 9.99. The van der Waals surface area contributed by atoms with Crippen molar-refractivity contribution >= 4 is 38.9 Å². The van der Waals surface area contributed by atoms with Gasteiger partial charge in [0.2, 0.25) is 0 Å². The van der Waals surface area contributed by atoms with Gasteiger partial charge in [-0.3, -0.25) is 4.90 Å². The summed E-state index contributed by atoms with van der Waals surface area (Å²) in [5.41, 5.74) is 5.96. The molecule has 90 valence electrons. The van der Waals surface area contributed by atoms with E-state index in [4.69, 9.17) is 17.3 Å². The molecular formula is C11H16BrClN2S. The summed E-state index contributed by atoms with van der Waals surface area (Å²) in [6.07, 6.45) is 2.20. The Morgan fingerprint density at radius 3 is 3.00 bits per heavy atom. The topological polar surface area (TPSA) is 29.3 Å². The maximum absolute atomic E-state index is 6.04. The first-order valence-electron chi connectivity index (χ1n) is 5.49. The summed E-state index contributed by atoms with van der Waals surface area (Å²) in [6.45, 7) is 4.34. The second-order valence-electron chi connectivity index (χ2n) is 4.44. The Bertz CT molecular complexity index is 349. The van der Waals surface area contributed by atoms with Gasteiger partial charge >= 0.3 is 0 Å².